The van der Waals surface area contributed by atoms with E-state index in [-0.39, 0.29) is 67.2 Å². The largest absolute Gasteiger partial charge is 0.396 e. The third kappa shape index (κ3) is 10.6. The van der Waals surface area contributed by atoms with E-state index in [1.54, 1.807) is 19.0 Å². The maximum Gasteiger partial charge on any atom is 0.247 e. The number of nitrogens with zero attached hydrogens (tertiary/aromatic N) is 2. The lowest BCUT2D eigenvalue weighted by molar-refractivity contribution is -0.144. The number of nitrogens with one attached hydrogen (secondary N) is 5. The summed E-state index contributed by atoms with van der Waals surface area (Å²) in [5.41, 5.74) is 4.80. The highest BCUT2D eigenvalue weighted by Crippen LogP contribution is 2.38. The lowest BCUT2D eigenvalue weighted by atomic mass is 9.85. The van der Waals surface area contributed by atoms with Crippen LogP contribution < -0.4 is 26.6 Å². The molecule has 1 aliphatic carbocycles. The minimum absolute atomic E-state index is 0.0428. The van der Waals surface area contributed by atoms with E-state index in [4.69, 9.17) is 0 Å². The molecule has 2 heterocycles. The molecular formula is C44H65N7O6S. The quantitative estimate of drug-likeness (QED) is 0.158. The van der Waals surface area contributed by atoms with Crippen LogP contribution >= 0.6 is 11.8 Å². The second kappa shape index (κ2) is 19.4. The Balaban J connectivity index is 1.44. The zero-order chi connectivity index (χ0) is 42.4. The van der Waals surface area contributed by atoms with Crippen LogP contribution in [0.3, 0.4) is 0 Å². The smallest absolute Gasteiger partial charge is 0.247 e. The summed E-state index contributed by atoms with van der Waals surface area (Å²) in [7, 11) is 3.36. The fourth-order valence-corrected chi connectivity index (χ4v) is 9.64. The van der Waals surface area contributed by atoms with Crippen LogP contribution in [0.4, 0.5) is 0 Å². The molecule has 2 unspecified atom stereocenters. The molecule has 1 saturated heterocycles. The molecule has 5 amide bonds. The fraction of sp³-hybridized carbons (Fsp3) is 0.614. The van der Waals surface area contributed by atoms with Gasteiger partial charge in [0.15, 0.2) is 0 Å². The maximum atomic E-state index is 14.6. The minimum Gasteiger partial charge on any atom is -0.396 e. The Morgan fingerprint density at radius 2 is 1.52 bits per heavy atom. The number of likely N-dealkylation sites (tertiary alicyclic amines) is 1. The Morgan fingerprint density at radius 1 is 0.862 bits per heavy atom. The predicted octanol–water partition coefficient (Wildman–Crippen LogP) is 2.80. The number of aryl methyl sites for hydroxylation is 1. The number of carbonyl (C=O) groups excluding carboxylic acids is 5. The fourth-order valence-electron chi connectivity index (χ4n) is 8.70. The van der Waals surface area contributed by atoms with Crippen molar-refractivity contribution in [3.8, 4) is 0 Å². The predicted molar refractivity (Wildman–Crippen MR) is 228 cm³/mol. The molecule has 2 aromatic rings. The van der Waals surface area contributed by atoms with Crippen molar-refractivity contribution in [2.24, 2.45) is 5.41 Å². The van der Waals surface area contributed by atoms with Crippen LogP contribution in [-0.2, 0) is 43.4 Å². The van der Waals surface area contributed by atoms with E-state index in [1.807, 2.05) is 58.6 Å². The number of benzene rings is 2. The molecule has 0 saturated carbocycles. The zero-order valence-electron chi connectivity index (χ0n) is 35.6. The van der Waals surface area contributed by atoms with Crippen LogP contribution in [0.5, 0.6) is 0 Å². The van der Waals surface area contributed by atoms with Crippen LogP contribution in [0, 0.1) is 5.41 Å². The first kappa shape index (κ1) is 45.1. The Morgan fingerprint density at radius 3 is 2.17 bits per heavy atom. The van der Waals surface area contributed by atoms with Gasteiger partial charge in [-0.25, -0.2) is 0 Å². The lowest BCUT2D eigenvalue weighted by Crippen LogP contribution is -2.60. The zero-order valence-corrected chi connectivity index (χ0v) is 36.4. The van der Waals surface area contributed by atoms with Crippen molar-refractivity contribution < 1.29 is 29.1 Å². The van der Waals surface area contributed by atoms with Crippen LogP contribution in [0.25, 0.3) is 0 Å². The summed E-state index contributed by atoms with van der Waals surface area (Å²) in [6.45, 7) is 12.3. The standard InChI is InChI=1S/C44H65N7O6S/c1-27-20-29-16-17-30(21-31(29)25-50(27)42(57)39(49-37(54)24-46-8)44(5,6)58-19-18-52)32-22-35(40(55)47-34-15-11-13-28-12-9-10-14-33(28)34)51(26-32)41(56)38(43(2,3)4)48-36(53)23-45-7/h9-10,12,14,16-17,21,27,32,34-35,38-39,45-46,52H,11,13,15,18-20,22-26H2,1-8H3,(H,47,55)(H,48,53)(H,49,54)/t27-,32?,34-,35+,38-,39?/m1/s1. The summed E-state index contributed by atoms with van der Waals surface area (Å²) in [6, 6.07) is 11.8. The average molecular weight is 820 g/mol. The average Bonchev–Trinajstić information content (AvgIpc) is 3.63. The number of likely N-dealkylation sites (N-methyl/N-ethyl adjacent to an activating group) is 2. The van der Waals surface area contributed by atoms with Crippen molar-refractivity contribution in [3.05, 3.63) is 70.3 Å². The third-order valence-corrected chi connectivity index (χ3v) is 13.2. The summed E-state index contributed by atoms with van der Waals surface area (Å²) >= 11 is 1.44. The van der Waals surface area contributed by atoms with Gasteiger partial charge in [0.05, 0.1) is 25.7 Å². The van der Waals surface area contributed by atoms with Gasteiger partial charge in [0.2, 0.25) is 29.5 Å². The van der Waals surface area contributed by atoms with E-state index in [0.29, 0.717) is 31.7 Å². The SMILES string of the molecule is CNCC(=O)NC(C(=O)N1Cc2cc(C3C[C@@H](C(=O)N[C@@H]4CCCc5ccccc54)N(C(=O)[C@@H](NC(=O)CNC)C(C)(C)C)C3)ccc2C[C@H]1C)C(C)(C)SCCO. The van der Waals surface area contributed by atoms with Gasteiger partial charge in [0, 0.05) is 35.5 Å². The molecule has 5 rings (SSSR count). The molecule has 1 fully saturated rings. The molecule has 58 heavy (non-hydrogen) atoms. The number of aliphatic hydroxyl groups is 1. The van der Waals surface area contributed by atoms with Crippen molar-refractivity contribution in [1.29, 1.82) is 0 Å². The number of hydrogen-bond acceptors (Lipinski definition) is 9. The van der Waals surface area contributed by atoms with Crippen LogP contribution in [-0.4, -0.2) is 119 Å². The Bertz CT molecular complexity index is 1810. The van der Waals surface area contributed by atoms with Crippen molar-refractivity contribution >= 4 is 41.3 Å². The van der Waals surface area contributed by atoms with Gasteiger partial charge < -0.3 is 41.5 Å². The number of thioether (sulfide) groups is 1. The molecule has 0 aromatic heterocycles. The molecule has 3 aliphatic rings. The van der Waals surface area contributed by atoms with E-state index in [1.165, 1.54) is 17.3 Å². The lowest BCUT2D eigenvalue weighted by Gasteiger charge is -2.41. The van der Waals surface area contributed by atoms with Crippen molar-refractivity contribution in [2.75, 3.05) is 46.1 Å². The van der Waals surface area contributed by atoms with E-state index in [0.717, 1.165) is 41.5 Å². The molecule has 0 spiro atoms. The number of aliphatic hydroxyl groups excluding tert-OH is 1. The van der Waals surface area contributed by atoms with Gasteiger partial charge in [-0.1, -0.05) is 63.2 Å². The summed E-state index contributed by atoms with van der Waals surface area (Å²) in [5.74, 6) is -1.02. The molecule has 0 radical (unpaired) electrons. The first-order valence-electron chi connectivity index (χ1n) is 20.7. The van der Waals surface area contributed by atoms with Crippen LogP contribution in [0.15, 0.2) is 42.5 Å². The maximum absolute atomic E-state index is 14.6. The van der Waals surface area contributed by atoms with Gasteiger partial charge in [-0.3, -0.25) is 24.0 Å². The highest BCUT2D eigenvalue weighted by Gasteiger charge is 2.46. The number of amides is 5. The van der Waals surface area contributed by atoms with Crippen LogP contribution in [0.2, 0.25) is 0 Å². The minimum atomic E-state index is -0.858. The van der Waals surface area contributed by atoms with Crippen molar-refractivity contribution in [2.45, 2.75) is 121 Å². The molecule has 6 N–H and O–H groups in total. The second-order valence-corrected chi connectivity index (χ2v) is 19.5. The highest BCUT2D eigenvalue weighted by molar-refractivity contribution is 8.00. The number of rotatable bonds is 15. The topological polar surface area (TPSA) is 172 Å². The van der Waals surface area contributed by atoms with E-state index in [9.17, 15) is 29.1 Å². The Labute approximate surface area is 348 Å². The molecule has 13 nitrogen and oxygen atoms in total. The first-order valence-corrected chi connectivity index (χ1v) is 21.7. The molecule has 0 bridgehead atoms. The normalized spacial score (nSPS) is 21.7. The van der Waals surface area contributed by atoms with Gasteiger partial charge in [0.1, 0.15) is 18.1 Å². The summed E-state index contributed by atoms with van der Waals surface area (Å²) in [4.78, 5) is 72.7. The first-order chi connectivity index (χ1) is 27.5. The molecule has 14 heteroatoms. The van der Waals surface area contributed by atoms with Gasteiger partial charge in [-0.05, 0) is 100 Å². The van der Waals surface area contributed by atoms with Crippen molar-refractivity contribution in [1.82, 2.24) is 36.4 Å². The van der Waals surface area contributed by atoms with Gasteiger partial charge >= 0.3 is 0 Å². The highest BCUT2D eigenvalue weighted by atomic mass is 32.2. The number of carbonyl (C=O) groups is 5. The van der Waals surface area contributed by atoms with Gasteiger partial charge in [-0.2, -0.15) is 11.8 Å². The number of fused-ring (bicyclic) bond motifs is 2. The summed E-state index contributed by atoms with van der Waals surface area (Å²) < 4.78 is -0.697. The molecule has 318 valence electrons. The number of hydrogen-bond donors (Lipinski definition) is 6. The molecule has 6 atom stereocenters. The molecular weight excluding hydrogens is 755 g/mol. The Hall–Kier alpha value is -3.98. The molecule has 2 aliphatic heterocycles. The molecule has 2 aromatic carbocycles. The van der Waals surface area contributed by atoms with E-state index < -0.39 is 28.3 Å². The van der Waals surface area contributed by atoms with E-state index >= 15 is 0 Å². The monoisotopic (exact) mass is 819 g/mol. The summed E-state index contributed by atoms with van der Waals surface area (Å²) in [6.07, 6.45) is 3.76. The van der Waals surface area contributed by atoms with Crippen molar-refractivity contribution in [3.63, 3.8) is 0 Å². The van der Waals surface area contributed by atoms with Crippen LogP contribution in [0.1, 0.15) is 101 Å². The van der Waals surface area contributed by atoms with E-state index in [2.05, 4.69) is 56.9 Å². The third-order valence-electron chi connectivity index (χ3n) is 11.9. The summed E-state index contributed by atoms with van der Waals surface area (Å²) in [5, 5.41) is 24.5. The van der Waals surface area contributed by atoms with Gasteiger partial charge in [-0.15, -0.1) is 0 Å². The second-order valence-electron chi connectivity index (χ2n) is 17.7. The van der Waals surface area contributed by atoms with Gasteiger partial charge in [0.25, 0.3) is 0 Å². The Kier molecular flexibility index (Phi) is 15.1.